The fourth-order valence-electron chi connectivity index (χ4n) is 1.09. The van der Waals surface area contributed by atoms with Gasteiger partial charge in [0.1, 0.15) is 5.01 Å². The van der Waals surface area contributed by atoms with Gasteiger partial charge in [0.15, 0.2) is 0 Å². The van der Waals surface area contributed by atoms with E-state index in [9.17, 15) is 0 Å². The van der Waals surface area contributed by atoms with Gasteiger partial charge in [0, 0.05) is 23.2 Å². The minimum absolute atomic E-state index is 0.0776. The summed E-state index contributed by atoms with van der Waals surface area (Å²) in [5.41, 5.74) is 6.89. The van der Waals surface area contributed by atoms with E-state index < -0.39 is 0 Å². The number of nitrogens with one attached hydrogen (secondary N) is 1. The van der Waals surface area contributed by atoms with E-state index in [0.717, 1.165) is 30.2 Å². The van der Waals surface area contributed by atoms with Crippen LogP contribution in [0.25, 0.3) is 0 Å². The van der Waals surface area contributed by atoms with Crippen LogP contribution in [0.3, 0.4) is 0 Å². The van der Waals surface area contributed by atoms with E-state index >= 15 is 0 Å². The average Bonchev–Trinajstić information content (AvgIpc) is 2.44. The number of rotatable bonds is 5. The molecule has 4 heteroatoms. The van der Waals surface area contributed by atoms with Gasteiger partial charge in [0.2, 0.25) is 0 Å². The Bertz CT molecular complexity index is 275. The number of thiazole rings is 1. The topological polar surface area (TPSA) is 50.9 Å². The number of aromatic nitrogens is 1. The van der Waals surface area contributed by atoms with Gasteiger partial charge in [0.25, 0.3) is 0 Å². The molecule has 1 heterocycles. The fourth-order valence-corrected chi connectivity index (χ4v) is 1.83. The third-order valence-electron chi connectivity index (χ3n) is 1.89. The Morgan fingerprint density at radius 3 is 2.79 bits per heavy atom. The van der Waals surface area contributed by atoms with Crippen molar-refractivity contribution in [2.75, 3.05) is 6.54 Å². The maximum Gasteiger partial charge on any atom is 0.107 e. The van der Waals surface area contributed by atoms with Crippen LogP contribution in [0, 0.1) is 6.92 Å². The third-order valence-corrected chi connectivity index (χ3v) is 2.86. The quantitative estimate of drug-likeness (QED) is 0.732. The molecule has 0 amide bonds. The van der Waals surface area contributed by atoms with Crippen molar-refractivity contribution in [1.29, 1.82) is 0 Å². The molecule has 80 valence electrons. The Hall–Kier alpha value is -0.450. The highest BCUT2D eigenvalue weighted by molar-refractivity contribution is 7.09. The highest BCUT2D eigenvalue weighted by atomic mass is 32.1. The summed E-state index contributed by atoms with van der Waals surface area (Å²) in [6, 6.07) is 0. The summed E-state index contributed by atoms with van der Waals surface area (Å²) >= 11 is 1.70. The molecule has 0 spiro atoms. The fraction of sp³-hybridized carbons (Fsp3) is 0.700. The van der Waals surface area contributed by atoms with Crippen LogP contribution in [0.5, 0.6) is 0 Å². The van der Waals surface area contributed by atoms with Crippen LogP contribution in [0.1, 0.15) is 31.0 Å². The number of nitrogens with two attached hydrogens (primary N) is 1. The van der Waals surface area contributed by atoms with Crippen molar-refractivity contribution in [3.63, 3.8) is 0 Å². The first-order valence-electron chi connectivity index (χ1n) is 4.88. The predicted molar refractivity (Wildman–Crippen MR) is 61.4 cm³/mol. The lowest BCUT2D eigenvalue weighted by Gasteiger charge is -2.17. The minimum atomic E-state index is -0.0776. The monoisotopic (exact) mass is 213 g/mol. The Morgan fingerprint density at radius 2 is 2.29 bits per heavy atom. The summed E-state index contributed by atoms with van der Waals surface area (Å²) in [6.07, 6.45) is 0.983. The zero-order valence-corrected chi connectivity index (χ0v) is 9.95. The minimum Gasteiger partial charge on any atom is -0.326 e. The Morgan fingerprint density at radius 1 is 1.57 bits per heavy atom. The molecule has 0 aliphatic rings. The Kier molecular flexibility index (Phi) is 4.04. The van der Waals surface area contributed by atoms with Crippen molar-refractivity contribution < 1.29 is 0 Å². The van der Waals surface area contributed by atoms with Gasteiger partial charge in [0.05, 0.1) is 0 Å². The van der Waals surface area contributed by atoms with Gasteiger partial charge in [-0.1, -0.05) is 0 Å². The summed E-state index contributed by atoms with van der Waals surface area (Å²) in [5, 5.41) is 6.56. The standard InChI is InChI=1S/C10H19N3S/c1-8-7-14-9(13-8)6-12-5-4-10(2,3)11/h7,12H,4-6,11H2,1-3H3. The smallest absolute Gasteiger partial charge is 0.107 e. The van der Waals surface area contributed by atoms with Crippen molar-refractivity contribution in [2.45, 2.75) is 39.3 Å². The maximum atomic E-state index is 5.87. The molecule has 0 aliphatic carbocycles. The van der Waals surface area contributed by atoms with Crippen LogP contribution in [0.15, 0.2) is 5.38 Å². The molecule has 0 atom stereocenters. The lowest BCUT2D eigenvalue weighted by Crippen LogP contribution is -2.35. The first kappa shape index (κ1) is 11.6. The van der Waals surface area contributed by atoms with Gasteiger partial charge in [-0.05, 0) is 33.7 Å². The average molecular weight is 213 g/mol. The zero-order valence-electron chi connectivity index (χ0n) is 9.13. The maximum absolute atomic E-state index is 5.87. The van der Waals surface area contributed by atoms with E-state index in [0.29, 0.717) is 0 Å². The summed E-state index contributed by atoms with van der Waals surface area (Å²) in [4.78, 5) is 4.37. The molecule has 0 radical (unpaired) electrons. The van der Waals surface area contributed by atoms with E-state index in [1.54, 1.807) is 11.3 Å². The molecule has 1 aromatic heterocycles. The van der Waals surface area contributed by atoms with Gasteiger partial charge in [-0.3, -0.25) is 0 Å². The molecule has 0 fully saturated rings. The number of hydrogen-bond acceptors (Lipinski definition) is 4. The number of aryl methyl sites for hydroxylation is 1. The van der Waals surface area contributed by atoms with Gasteiger partial charge in [-0.25, -0.2) is 4.98 Å². The van der Waals surface area contributed by atoms with E-state index in [2.05, 4.69) is 15.7 Å². The molecule has 14 heavy (non-hydrogen) atoms. The lowest BCUT2D eigenvalue weighted by atomic mass is 10.0. The highest BCUT2D eigenvalue weighted by Gasteiger charge is 2.09. The highest BCUT2D eigenvalue weighted by Crippen LogP contribution is 2.08. The Balaban J connectivity index is 2.16. The normalized spacial score (nSPS) is 12.0. The van der Waals surface area contributed by atoms with Crippen LogP contribution in [-0.4, -0.2) is 17.1 Å². The van der Waals surface area contributed by atoms with E-state index in [1.165, 1.54) is 0 Å². The summed E-state index contributed by atoms with van der Waals surface area (Å²) in [5.74, 6) is 0. The summed E-state index contributed by atoms with van der Waals surface area (Å²) in [6.45, 7) is 7.91. The molecule has 3 nitrogen and oxygen atoms in total. The Labute approximate surface area is 89.7 Å². The van der Waals surface area contributed by atoms with Crippen LogP contribution in [-0.2, 0) is 6.54 Å². The van der Waals surface area contributed by atoms with Gasteiger partial charge in [-0.2, -0.15) is 0 Å². The molecule has 1 rings (SSSR count). The van der Waals surface area contributed by atoms with Crippen molar-refractivity contribution in [1.82, 2.24) is 10.3 Å². The first-order valence-corrected chi connectivity index (χ1v) is 5.76. The SMILES string of the molecule is Cc1csc(CNCCC(C)(C)N)n1. The van der Waals surface area contributed by atoms with Crippen molar-refractivity contribution >= 4 is 11.3 Å². The van der Waals surface area contributed by atoms with Crippen molar-refractivity contribution in [3.05, 3.63) is 16.1 Å². The summed E-state index contributed by atoms with van der Waals surface area (Å²) in [7, 11) is 0. The molecule has 0 aromatic carbocycles. The van der Waals surface area contributed by atoms with E-state index in [4.69, 9.17) is 5.73 Å². The zero-order chi connectivity index (χ0) is 10.6. The van der Waals surface area contributed by atoms with E-state index in [-0.39, 0.29) is 5.54 Å². The molecular weight excluding hydrogens is 194 g/mol. The first-order chi connectivity index (χ1) is 6.47. The molecule has 0 saturated carbocycles. The second kappa shape index (κ2) is 4.87. The molecule has 0 unspecified atom stereocenters. The lowest BCUT2D eigenvalue weighted by molar-refractivity contribution is 0.455. The van der Waals surface area contributed by atoms with Gasteiger partial charge in [-0.15, -0.1) is 11.3 Å². The molecule has 0 aliphatic heterocycles. The second-order valence-corrected chi connectivity index (χ2v) is 5.24. The number of nitrogens with zero attached hydrogens (tertiary/aromatic N) is 1. The molecular formula is C10H19N3S. The van der Waals surface area contributed by atoms with E-state index in [1.807, 2.05) is 20.8 Å². The molecule has 1 aromatic rings. The van der Waals surface area contributed by atoms with Crippen molar-refractivity contribution in [3.8, 4) is 0 Å². The van der Waals surface area contributed by atoms with Crippen LogP contribution in [0.2, 0.25) is 0 Å². The van der Waals surface area contributed by atoms with Crippen LogP contribution in [0.4, 0.5) is 0 Å². The van der Waals surface area contributed by atoms with Gasteiger partial charge < -0.3 is 11.1 Å². The van der Waals surface area contributed by atoms with Gasteiger partial charge >= 0.3 is 0 Å². The second-order valence-electron chi connectivity index (χ2n) is 4.30. The summed E-state index contributed by atoms with van der Waals surface area (Å²) < 4.78 is 0. The molecule has 0 saturated heterocycles. The predicted octanol–water partition coefficient (Wildman–Crippen LogP) is 1.67. The molecule has 0 bridgehead atoms. The van der Waals surface area contributed by atoms with Crippen LogP contribution >= 0.6 is 11.3 Å². The largest absolute Gasteiger partial charge is 0.326 e. The third kappa shape index (κ3) is 4.69. The van der Waals surface area contributed by atoms with Crippen molar-refractivity contribution in [2.24, 2.45) is 5.73 Å². The molecule has 3 N–H and O–H groups in total. The van der Waals surface area contributed by atoms with Crippen LogP contribution < -0.4 is 11.1 Å². The number of hydrogen-bond donors (Lipinski definition) is 2.